The first kappa shape index (κ1) is 13.9. The first-order chi connectivity index (χ1) is 10.7. The fourth-order valence-corrected chi connectivity index (χ4v) is 2.29. The third kappa shape index (κ3) is 2.59. The van der Waals surface area contributed by atoms with E-state index in [0.717, 1.165) is 16.5 Å². The predicted octanol–water partition coefficient (Wildman–Crippen LogP) is 3.54. The molecule has 0 saturated carbocycles. The van der Waals surface area contributed by atoms with Gasteiger partial charge in [0.2, 0.25) is 5.78 Å². The number of phenols is 1. The van der Waals surface area contributed by atoms with Gasteiger partial charge in [0.25, 0.3) is 0 Å². The molecule has 0 aliphatic heterocycles. The zero-order valence-corrected chi connectivity index (χ0v) is 12.0. The minimum absolute atomic E-state index is 0.132. The van der Waals surface area contributed by atoms with Crippen LogP contribution in [-0.4, -0.2) is 21.1 Å². The van der Waals surface area contributed by atoms with E-state index in [4.69, 9.17) is 0 Å². The average Bonchev–Trinajstić information content (AvgIpc) is 2.54. The Morgan fingerprint density at radius 1 is 1.05 bits per heavy atom. The van der Waals surface area contributed by atoms with Gasteiger partial charge in [0.1, 0.15) is 11.4 Å². The highest BCUT2D eigenvalue weighted by Gasteiger charge is 2.12. The molecule has 0 aliphatic carbocycles. The molecule has 0 aliphatic rings. The number of allylic oxidation sites excluding steroid dienone is 1. The summed E-state index contributed by atoms with van der Waals surface area (Å²) in [5, 5.41) is 18.7. The fraction of sp³-hybridized carbons (Fsp3) is 0.0556. The summed E-state index contributed by atoms with van der Waals surface area (Å²) in [6, 6.07) is 14.4. The van der Waals surface area contributed by atoms with Gasteiger partial charge in [-0.05, 0) is 36.8 Å². The van der Waals surface area contributed by atoms with Gasteiger partial charge in [-0.3, -0.25) is 4.79 Å². The Balaban J connectivity index is 1.96. The summed E-state index contributed by atoms with van der Waals surface area (Å²) in [5.41, 5.74) is 2.48. The van der Waals surface area contributed by atoms with Gasteiger partial charge in [-0.15, -0.1) is 10.2 Å². The van der Waals surface area contributed by atoms with Crippen molar-refractivity contribution in [1.29, 1.82) is 0 Å². The highest BCUT2D eigenvalue weighted by Crippen LogP contribution is 2.20. The number of phenolic OH excluding ortho intramolecular Hbond substituents is 1. The van der Waals surface area contributed by atoms with E-state index in [-0.39, 0.29) is 11.5 Å². The third-order valence-electron chi connectivity index (χ3n) is 3.51. The van der Waals surface area contributed by atoms with Crippen LogP contribution in [0.1, 0.15) is 21.6 Å². The van der Waals surface area contributed by atoms with Gasteiger partial charge in [0, 0.05) is 10.9 Å². The molecule has 0 bridgehead atoms. The molecule has 0 spiro atoms. The number of carbonyl (C=O) groups excluding carboxylic acids is 1. The Bertz CT molecular complexity index is 885. The number of nitrogens with zero attached hydrogens (tertiary/aromatic N) is 2. The number of hydrogen-bond acceptors (Lipinski definition) is 4. The minimum atomic E-state index is -0.237. The van der Waals surface area contributed by atoms with E-state index in [1.807, 2.05) is 31.2 Å². The molecule has 1 N–H and O–H groups in total. The maximum absolute atomic E-state index is 12.3. The van der Waals surface area contributed by atoms with Crippen molar-refractivity contribution in [2.45, 2.75) is 6.92 Å². The van der Waals surface area contributed by atoms with Crippen LogP contribution >= 0.6 is 0 Å². The van der Waals surface area contributed by atoms with E-state index in [1.165, 1.54) is 6.08 Å². The van der Waals surface area contributed by atoms with Crippen LogP contribution in [0.5, 0.6) is 5.75 Å². The van der Waals surface area contributed by atoms with E-state index in [9.17, 15) is 9.90 Å². The Morgan fingerprint density at radius 2 is 1.77 bits per heavy atom. The Hall–Kier alpha value is -3.01. The van der Waals surface area contributed by atoms with Crippen molar-refractivity contribution >= 4 is 22.8 Å². The lowest BCUT2D eigenvalue weighted by molar-refractivity contribution is 0.104. The molecule has 0 amide bonds. The minimum Gasteiger partial charge on any atom is -0.507 e. The number of rotatable bonds is 3. The first-order valence-electron chi connectivity index (χ1n) is 6.89. The van der Waals surface area contributed by atoms with E-state index in [0.29, 0.717) is 11.3 Å². The summed E-state index contributed by atoms with van der Waals surface area (Å²) >= 11 is 0. The standard InChI is InChI=1S/C18H14N2O2/c1-12-14-7-3-4-8-15(14)19-20-18(12)17(22)11-10-13-6-2-5-9-16(13)21/h2-11,21H,1H3/b11-10+. The van der Waals surface area contributed by atoms with Crippen molar-refractivity contribution in [3.8, 4) is 5.75 Å². The molecule has 2 aromatic carbocycles. The van der Waals surface area contributed by atoms with Crippen molar-refractivity contribution in [1.82, 2.24) is 10.2 Å². The van der Waals surface area contributed by atoms with Crippen LogP contribution < -0.4 is 0 Å². The molecule has 1 aromatic heterocycles. The second kappa shape index (κ2) is 5.77. The summed E-state index contributed by atoms with van der Waals surface area (Å²) in [6.07, 6.45) is 2.98. The molecule has 4 nitrogen and oxygen atoms in total. The van der Waals surface area contributed by atoms with Crippen LogP contribution in [0.25, 0.3) is 17.0 Å². The van der Waals surface area contributed by atoms with Gasteiger partial charge in [0.05, 0.1) is 5.52 Å². The monoisotopic (exact) mass is 290 g/mol. The molecule has 0 saturated heterocycles. The number of fused-ring (bicyclic) bond motifs is 1. The second-order valence-electron chi connectivity index (χ2n) is 4.95. The predicted molar refractivity (Wildman–Crippen MR) is 85.7 cm³/mol. The van der Waals surface area contributed by atoms with Gasteiger partial charge in [-0.25, -0.2) is 0 Å². The topological polar surface area (TPSA) is 63.1 Å². The van der Waals surface area contributed by atoms with Gasteiger partial charge in [0.15, 0.2) is 0 Å². The Labute approximate surface area is 127 Å². The lowest BCUT2D eigenvalue weighted by Crippen LogP contribution is -2.04. The maximum atomic E-state index is 12.3. The van der Waals surface area contributed by atoms with Crippen molar-refractivity contribution < 1.29 is 9.90 Å². The lowest BCUT2D eigenvalue weighted by Gasteiger charge is -2.04. The first-order valence-corrected chi connectivity index (χ1v) is 6.89. The number of ketones is 1. The van der Waals surface area contributed by atoms with Crippen LogP contribution in [0.15, 0.2) is 54.6 Å². The third-order valence-corrected chi connectivity index (χ3v) is 3.51. The molecule has 0 fully saturated rings. The highest BCUT2D eigenvalue weighted by atomic mass is 16.3. The summed E-state index contributed by atoms with van der Waals surface area (Å²) in [5.74, 6) is -0.105. The van der Waals surface area contributed by atoms with Crippen molar-refractivity contribution in [3.63, 3.8) is 0 Å². The van der Waals surface area contributed by atoms with Crippen LogP contribution in [0.2, 0.25) is 0 Å². The summed E-state index contributed by atoms with van der Waals surface area (Å²) in [4.78, 5) is 12.3. The number of hydrogen-bond donors (Lipinski definition) is 1. The van der Waals surface area contributed by atoms with Crippen molar-refractivity contribution in [2.24, 2.45) is 0 Å². The number of carbonyl (C=O) groups is 1. The molecule has 22 heavy (non-hydrogen) atoms. The van der Waals surface area contributed by atoms with Crippen molar-refractivity contribution in [3.05, 3.63) is 71.4 Å². The number of para-hydroxylation sites is 1. The molecule has 0 unspecified atom stereocenters. The number of benzene rings is 2. The van der Waals surface area contributed by atoms with Crippen LogP contribution in [0, 0.1) is 6.92 Å². The second-order valence-corrected chi connectivity index (χ2v) is 4.95. The van der Waals surface area contributed by atoms with Gasteiger partial charge < -0.3 is 5.11 Å². The molecule has 0 atom stereocenters. The maximum Gasteiger partial charge on any atom is 0.206 e. The SMILES string of the molecule is Cc1c(C(=O)/C=C/c2ccccc2O)nnc2ccccc12. The number of aryl methyl sites for hydroxylation is 1. The highest BCUT2D eigenvalue weighted by molar-refractivity contribution is 6.08. The number of aromatic nitrogens is 2. The van der Waals surface area contributed by atoms with Gasteiger partial charge >= 0.3 is 0 Å². The molecule has 108 valence electrons. The van der Waals surface area contributed by atoms with Crippen LogP contribution in [-0.2, 0) is 0 Å². The average molecular weight is 290 g/mol. The lowest BCUT2D eigenvalue weighted by atomic mass is 10.1. The zero-order chi connectivity index (χ0) is 15.5. The molecule has 3 rings (SSSR count). The molecule has 4 heteroatoms. The molecule has 3 aromatic rings. The van der Waals surface area contributed by atoms with Gasteiger partial charge in [-0.1, -0.05) is 36.4 Å². The van der Waals surface area contributed by atoms with Crippen LogP contribution in [0.3, 0.4) is 0 Å². The van der Waals surface area contributed by atoms with Crippen molar-refractivity contribution in [2.75, 3.05) is 0 Å². The summed E-state index contributed by atoms with van der Waals surface area (Å²) < 4.78 is 0. The zero-order valence-electron chi connectivity index (χ0n) is 12.0. The van der Waals surface area contributed by atoms with E-state index >= 15 is 0 Å². The quantitative estimate of drug-likeness (QED) is 0.592. The number of aromatic hydroxyl groups is 1. The Kier molecular flexibility index (Phi) is 3.66. The molecule has 1 heterocycles. The summed E-state index contributed by atoms with van der Waals surface area (Å²) in [7, 11) is 0. The molecule has 0 radical (unpaired) electrons. The van der Waals surface area contributed by atoms with Gasteiger partial charge in [-0.2, -0.15) is 0 Å². The largest absolute Gasteiger partial charge is 0.507 e. The van der Waals surface area contributed by atoms with E-state index in [1.54, 1.807) is 30.3 Å². The van der Waals surface area contributed by atoms with E-state index in [2.05, 4.69) is 10.2 Å². The van der Waals surface area contributed by atoms with E-state index < -0.39 is 0 Å². The van der Waals surface area contributed by atoms with Crippen LogP contribution in [0.4, 0.5) is 0 Å². The molecular weight excluding hydrogens is 276 g/mol. The fourth-order valence-electron chi connectivity index (χ4n) is 2.29. The normalized spacial score (nSPS) is 11.1. The smallest absolute Gasteiger partial charge is 0.206 e. The summed E-state index contributed by atoms with van der Waals surface area (Å²) in [6.45, 7) is 1.86. The molecular formula is C18H14N2O2. The Morgan fingerprint density at radius 3 is 2.59 bits per heavy atom.